The van der Waals surface area contributed by atoms with Crippen LogP contribution in [0.1, 0.15) is 98.5 Å². The van der Waals surface area contributed by atoms with Gasteiger partial charge in [-0.15, -0.1) is 0 Å². The van der Waals surface area contributed by atoms with Gasteiger partial charge in [0.25, 0.3) is 0 Å². The van der Waals surface area contributed by atoms with Crippen LogP contribution in [0, 0.1) is 0 Å². The number of hydrogen-bond acceptors (Lipinski definition) is 11. The summed E-state index contributed by atoms with van der Waals surface area (Å²) in [5, 5.41) is 3.08. The van der Waals surface area contributed by atoms with Crippen LogP contribution in [0.4, 0.5) is 0 Å². The summed E-state index contributed by atoms with van der Waals surface area (Å²) < 4.78 is 20.1. The van der Waals surface area contributed by atoms with Gasteiger partial charge in [0, 0.05) is 47.2 Å². The number of carbonyl (C=O) groups excluding carboxylic acids is 5. The van der Waals surface area contributed by atoms with Gasteiger partial charge in [0.2, 0.25) is 5.91 Å². The predicted octanol–water partition coefficient (Wildman–Crippen LogP) is 5.06. The van der Waals surface area contributed by atoms with E-state index in [9.17, 15) is 24.0 Å². The average molecular weight is 742 g/mol. The molecule has 2 aliphatic heterocycles. The minimum Gasteiger partial charge on any atom is -0.469 e. The zero-order valence-corrected chi connectivity index (χ0v) is 32.2. The number of hydrogen-bond donors (Lipinski definition) is 3. The molecule has 1 atom stereocenters. The zero-order valence-electron chi connectivity index (χ0n) is 32.2. The van der Waals surface area contributed by atoms with Crippen molar-refractivity contribution in [2.24, 2.45) is 0 Å². The first-order valence-corrected chi connectivity index (χ1v) is 17.6. The van der Waals surface area contributed by atoms with Crippen molar-refractivity contribution in [1.29, 1.82) is 0 Å². The highest BCUT2D eigenvalue weighted by molar-refractivity contribution is 5.92. The van der Waals surface area contributed by atoms with Crippen molar-refractivity contribution >= 4 is 63.0 Å². The number of nitrogens with one attached hydrogen (secondary N) is 3. The van der Waals surface area contributed by atoms with E-state index in [1.807, 2.05) is 52.0 Å². The summed E-state index contributed by atoms with van der Waals surface area (Å²) in [4.78, 5) is 80.4. The minimum absolute atomic E-state index is 0.00806. The SMILES string of the molecule is COC(=O)CCc1c(CC(=O)OC)c2cc3nc(cc4nc(cc5[nH]c(cc1[nH]2)c(CCC(=O)OC)c5CC(=O)OC)C(NC(C)=O)C4(C)C)C(C)=C3C. The van der Waals surface area contributed by atoms with Crippen LogP contribution in [0.15, 0.2) is 24.3 Å². The molecule has 5 heterocycles. The number of allylic oxidation sites excluding steroid dienone is 2. The summed E-state index contributed by atoms with van der Waals surface area (Å²) in [7, 11) is 5.24. The molecule has 54 heavy (non-hydrogen) atoms. The molecule has 0 saturated carbocycles. The highest BCUT2D eigenvalue weighted by Gasteiger charge is 2.40. The maximum absolute atomic E-state index is 13.0. The maximum atomic E-state index is 13.0. The molecule has 0 fully saturated rings. The Morgan fingerprint density at radius 3 is 1.56 bits per heavy atom. The Kier molecular flexibility index (Phi) is 11.7. The van der Waals surface area contributed by atoms with Crippen LogP contribution in [0.2, 0.25) is 0 Å². The molecule has 8 bridgehead atoms. The van der Waals surface area contributed by atoms with E-state index in [4.69, 9.17) is 28.9 Å². The lowest BCUT2D eigenvalue weighted by Gasteiger charge is -2.27. The van der Waals surface area contributed by atoms with Crippen LogP contribution in [-0.4, -0.2) is 78.2 Å². The van der Waals surface area contributed by atoms with Gasteiger partial charge in [-0.3, -0.25) is 29.0 Å². The Balaban J connectivity index is 2.02. The molecule has 0 saturated heterocycles. The van der Waals surface area contributed by atoms with E-state index in [-0.39, 0.29) is 44.4 Å². The van der Waals surface area contributed by atoms with Crippen molar-refractivity contribution in [2.75, 3.05) is 28.4 Å². The first-order valence-electron chi connectivity index (χ1n) is 17.6. The number of esters is 4. The number of ether oxygens (including phenoxy) is 4. The summed E-state index contributed by atoms with van der Waals surface area (Å²) in [6, 6.07) is 6.89. The van der Waals surface area contributed by atoms with Crippen molar-refractivity contribution < 1.29 is 42.9 Å². The van der Waals surface area contributed by atoms with Gasteiger partial charge >= 0.3 is 23.9 Å². The van der Waals surface area contributed by atoms with Gasteiger partial charge in [0.15, 0.2) is 0 Å². The molecule has 5 rings (SSSR count). The molecule has 1 unspecified atom stereocenters. The lowest BCUT2D eigenvalue weighted by molar-refractivity contribution is -0.141. The van der Waals surface area contributed by atoms with Crippen LogP contribution >= 0.6 is 0 Å². The van der Waals surface area contributed by atoms with E-state index in [1.165, 1.54) is 35.4 Å². The van der Waals surface area contributed by atoms with E-state index < -0.39 is 35.3 Å². The molecule has 0 spiro atoms. The minimum atomic E-state index is -0.678. The number of aromatic nitrogens is 4. The third-order valence-corrected chi connectivity index (χ3v) is 10.3. The number of H-pyrrole nitrogens is 2. The van der Waals surface area contributed by atoms with Gasteiger partial charge in [-0.25, -0.2) is 4.98 Å². The summed E-state index contributed by atoms with van der Waals surface area (Å²) in [5.74, 6) is -2.10. The Morgan fingerprint density at radius 1 is 0.648 bits per heavy atom. The number of methoxy groups -OCH3 is 4. The summed E-state index contributed by atoms with van der Waals surface area (Å²) in [5.41, 5.74) is 8.51. The number of carbonyl (C=O) groups is 5. The number of fused-ring (bicyclic) bond motifs is 8. The van der Waals surface area contributed by atoms with Crippen molar-refractivity contribution in [3.05, 3.63) is 69.3 Å². The zero-order chi connectivity index (χ0) is 39.5. The van der Waals surface area contributed by atoms with Crippen LogP contribution in [0.25, 0.3) is 33.2 Å². The molecule has 0 aromatic carbocycles. The molecule has 2 aliphatic rings. The molecular formula is C40H47N5O9. The largest absolute Gasteiger partial charge is 0.469 e. The van der Waals surface area contributed by atoms with Crippen molar-refractivity contribution in [2.45, 2.75) is 84.6 Å². The first kappa shape index (κ1) is 39.4. The topological polar surface area (TPSA) is 192 Å². The van der Waals surface area contributed by atoms with E-state index in [0.717, 1.165) is 11.1 Å². The van der Waals surface area contributed by atoms with Crippen LogP contribution in [-0.2, 0) is 74.0 Å². The Bertz CT molecular complexity index is 2230. The third-order valence-electron chi connectivity index (χ3n) is 10.3. The summed E-state index contributed by atoms with van der Waals surface area (Å²) >= 11 is 0. The fraction of sp³-hybridized carbons (Fsp3) is 0.425. The molecule has 14 heteroatoms. The Hall–Kier alpha value is -5.79. The first-order chi connectivity index (χ1) is 25.6. The Morgan fingerprint density at radius 2 is 1.09 bits per heavy atom. The lowest BCUT2D eigenvalue weighted by Crippen LogP contribution is -2.36. The van der Waals surface area contributed by atoms with E-state index in [2.05, 4.69) is 15.3 Å². The average Bonchev–Trinajstić information content (AvgIpc) is 3.78. The van der Waals surface area contributed by atoms with E-state index in [0.29, 0.717) is 67.1 Å². The molecular weight excluding hydrogens is 694 g/mol. The monoisotopic (exact) mass is 741 g/mol. The standard InChI is InChI=1S/C40H47N5O9/c1-20-21(2)28-19-34-40(4,5)39(41-22(3)46)33(45-34)18-32-26(15-38(50)54-9)24(11-13-36(48)52-7)30(44-32)17-29-23(10-12-35(47)51-6)25(14-37(49)53-8)31(43-29)16-27(20)42-28/h16-19,39,43-44H,10-15H2,1-9H3,(H,41,46). The molecule has 286 valence electrons. The molecule has 0 aliphatic carbocycles. The number of rotatable bonds is 11. The third kappa shape index (κ3) is 8.07. The summed E-state index contributed by atoms with van der Waals surface area (Å²) in [6.45, 7) is 9.39. The van der Waals surface area contributed by atoms with Gasteiger partial charge in [-0.1, -0.05) is 13.8 Å². The molecule has 3 aromatic heterocycles. The molecule has 0 radical (unpaired) electrons. The number of amides is 1. The van der Waals surface area contributed by atoms with Gasteiger partial charge in [-0.05, 0) is 84.4 Å². The van der Waals surface area contributed by atoms with Crippen molar-refractivity contribution in [1.82, 2.24) is 25.3 Å². The van der Waals surface area contributed by atoms with Gasteiger partial charge in [0.1, 0.15) is 0 Å². The second kappa shape index (κ2) is 16.1. The van der Waals surface area contributed by atoms with E-state index >= 15 is 0 Å². The van der Waals surface area contributed by atoms with Crippen LogP contribution in [0.5, 0.6) is 0 Å². The highest BCUT2D eigenvalue weighted by Crippen LogP contribution is 2.42. The van der Waals surface area contributed by atoms with Crippen LogP contribution < -0.4 is 5.32 Å². The fourth-order valence-electron chi connectivity index (χ4n) is 6.98. The number of nitrogens with zero attached hydrogens (tertiary/aromatic N) is 2. The Labute approximate surface area is 313 Å². The second-order valence-electron chi connectivity index (χ2n) is 14.0. The van der Waals surface area contributed by atoms with Crippen molar-refractivity contribution in [3.8, 4) is 0 Å². The maximum Gasteiger partial charge on any atom is 0.310 e. The fourth-order valence-corrected chi connectivity index (χ4v) is 6.98. The predicted molar refractivity (Wildman–Crippen MR) is 201 cm³/mol. The smallest absolute Gasteiger partial charge is 0.310 e. The van der Waals surface area contributed by atoms with Gasteiger partial charge in [-0.2, -0.15) is 0 Å². The van der Waals surface area contributed by atoms with Crippen LogP contribution in [0.3, 0.4) is 0 Å². The quantitative estimate of drug-likeness (QED) is 0.176. The van der Waals surface area contributed by atoms with Gasteiger partial charge < -0.3 is 34.2 Å². The molecule has 1 amide bonds. The number of aromatic amines is 2. The van der Waals surface area contributed by atoms with E-state index in [1.54, 1.807) is 0 Å². The van der Waals surface area contributed by atoms with Gasteiger partial charge in [0.05, 0.1) is 70.1 Å². The summed E-state index contributed by atoms with van der Waals surface area (Å²) in [6.07, 6.45) is 0.209. The molecule has 14 nitrogen and oxygen atoms in total. The number of aryl methyl sites for hydroxylation is 2. The second-order valence-corrected chi connectivity index (χ2v) is 14.0. The normalized spacial score (nSPS) is 14.7. The molecule has 3 N–H and O–H groups in total. The molecule has 3 aromatic rings. The highest BCUT2D eigenvalue weighted by atomic mass is 16.5. The lowest BCUT2D eigenvalue weighted by atomic mass is 9.81. The van der Waals surface area contributed by atoms with Crippen molar-refractivity contribution in [3.63, 3.8) is 0 Å².